The summed E-state index contributed by atoms with van der Waals surface area (Å²) in [7, 11) is 0. The van der Waals surface area contributed by atoms with Crippen LogP contribution in [0.25, 0.3) is 11.0 Å². The van der Waals surface area contributed by atoms with E-state index in [1.807, 2.05) is 13.8 Å². The highest BCUT2D eigenvalue weighted by Crippen LogP contribution is 2.34. The molecular formula is C14H18F3N3O. The summed E-state index contributed by atoms with van der Waals surface area (Å²) in [5.41, 5.74) is 6.83. The van der Waals surface area contributed by atoms with Crippen molar-refractivity contribution in [3.8, 4) is 5.75 Å². The van der Waals surface area contributed by atoms with Crippen LogP contribution in [0.15, 0.2) is 18.2 Å². The summed E-state index contributed by atoms with van der Waals surface area (Å²) < 4.78 is 44.8. The molecule has 1 atom stereocenters. The summed E-state index contributed by atoms with van der Waals surface area (Å²) in [5.74, 6) is 0.578. The number of nitrogens with zero attached hydrogens (tertiary/aromatic N) is 2. The third kappa shape index (κ3) is 3.40. The average Bonchev–Trinajstić information content (AvgIpc) is 2.63. The van der Waals surface area contributed by atoms with Gasteiger partial charge in [0.2, 0.25) is 5.95 Å². The molecule has 0 saturated heterocycles. The molecule has 0 bridgehead atoms. The van der Waals surface area contributed by atoms with Crippen LogP contribution in [0.4, 0.5) is 19.1 Å². The van der Waals surface area contributed by atoms with Crippen LogP contribution in [0.5, 0.6) is 5.75 Å². The van der Waals surface area contributed by atoms with E-state index in [-0.39, 0.29) is 12.1 Å². The third-order valence-electron chi connectivity index (χ3n) is 3.04. The molecule has 116 valence electrons. The molecule has 1 heterocycles. The third-order valence-corrected chi connectivity index (χ3v) is 3.04. The van der Waals surface area contributed by atoms with Crippen molar-refractivity contribution in [1.82, 2.24) is 9.55 Å². The Hall–Kier alpha value is -1.92. The highest BCUT2D eigenvalue weighted by atomic mass is 19.4. The molecule has 0 fully saturated rings. The van der Waals surface area contributed by atoms with E-state index >= 15 is 0 Å². The summed E-state index contributed by atoms with van der Waals surface area (Å²) in [5, 5.41) is 0. The second-order valence-corrected chi connectivity index (χ2v) is 5.30. The largest absolute Gasteiger partial charge is 0.489 e. The molecule has 0 spiro atoms. The van der Waals surface area contributed by atoms with Crippen LogP contribution in [-0.2, 0) is 0 Å². The highest BCUT2D eigenvalue weighted by molar-refractivity contribution is 5.84. The first-order valence-corrected chi connectivity index (χ1v) is 6.69. The lowest BCUT2D eigenvalue weighted by atomic mass is 10.2. The van der Waals surface area contributed by atoms with Gasteiger partial charge in [0.1, 0.15) is 11.3 Å². The van der Waals surface area contributed by atoms with Crippen molar-refractivity contribution in [2.24, 2.45) is 0 Å². The molecule has 1 aromatic carbocycles. The van der Waals surface area contributed by atoms with E-state index in [2.05, 4.69) is 4.98 Å². The molecule has 1 aromatic heterocycles. The number of rotatable bonds is 4. The van der Waals surface area contributed by atoms with Gasteiger partial charge in [-0.1, -0.05) is 6.07 Å². The molecule has 0 aliphatic carbocycles. The van der Waals surface area contributed by atoms with Crippen LogP contribution in [0, 0.1) is 0 Å². The van der Waals surface area contributed by atoms with Crippen LogP contribution in [0.3, 0.4) is 0 Å². The quantitative estimate of drug-likeness (QED) is 0.931. The number of imidazole rings is 1. The second kappa shape index (κ2) is 5.46. The standard InChI is InChI=1S/C14H18F3N3O/c1-8(2)21-11-6-4-5-10-12(11)19-13(18)20(10)9(3)7-14(15,16)17/h4-6,8-9H,7H2,1-3H3,(H2,18,19). The van der Waals surface area contributed by atoms with Gasteiger partial charge in [-0.25, -0.2) is 4.98 Å². The summed E-state index contributed by atoms with van der Waals surface area (Å²) in [6, 6.07) is 4.31. The Labute approximate surface area is 120 Å². The average molecular weight is 301 g/mol. The van der Waals surface area contributed by atoms with E-state index in [4.69, 9.17) is 10.5 Å². The minimum Gasteiger partial charge on any atom is -0.489 e. The summed E-state index contributed by atoms with van der Waals surface area (Å²) in [6.07, 6.45) is -5.28. The molecule has 7 heteroatoms. The number of para-hydroxylation sites is 1. The molecule has 0 amide bonds. The fourth-order valence-corrected chi connectivity index (χ4v) is 2.35. The van der Waals surface area contributed by atoms with Gasteiger partial charge in [-0.05, 0) is 32.9 Å². The van der Waals surface area contributed by atoms with Crippen molar-refractivity contribution in [2.75, 3.05) is 5.73 Å². The fraction of sp³-hybridized carbons (Fsp3) is 0.500. The van der Waals surface area contributed by atoms with E-state index in [1.54, 1.807) is 18.2 Å². The molecule has 0 aliphatic rings. The summed E-state index contributed by atoms with van der Waals surface area (Å²) in [6.45, 7) is 5.21. The molecule has 0 radical (unpaired) electrons. The minimum atomic E-state index is -4.26. The number of fused-ring (bicyclic) bond motifs is 1. The van der Waals surface area contributed by atoms with Crippen LogP contribution in [0.2, 0.25) is 0 Å². The van der Waals surface area contributed by atoms with E-state index in [0.29, 0.717) is 16.8 Å². The Kier molecular flexibility index (Phi) is 4.02. The first-order chi connectivity index (χ1) is 9.69. The molecule has 1 unspecified atom stereocenters. The lowest BCUT2D eigenvalue weighted by molar-refractivity contribution is -0.141. The smallest absolute Gasteiger partial charge is 0.391 e. The van der Waals surface area contributed by atoms with Crippen LogP contribution in [-0.4, -0.2) is 21.8 Å². The first-order valence-electron chi connectivity index (χ1n) is 6.69. The number of nitrogen functional groups attached to an aromatic ring is 1. The molecule has 2 N–H and O–H groups in total. The number of ether oxygens (including phenoxy) is 1. The van der Waals surface area contributed by atoms with Crippen LogP contribution in [0.1, 0.15) is 33.2 Å². The van der Waals surface area contributed by atoms with E-state index in [1.165, 1.54) is 11.5 Å². The molecule has 21 heavy (non-hydrogen) atoms. The number of hydrogen-bond acceptors (Lipinski definition) is 3. The van der Waals surface area contributed by atoms with Crippen molar-refractivity contribution < 1.29 is 17.9 Å². The van der Waals surface area contributed by atoms with Gasteiger partial charge in [-0.15, -0.1) is 0 Å². The van der Waals surface area contributed by atoms with Gasteiger partial charge in [0.05, 0.1) is 18.0 Å². The number of halogens is 3. The highest BCUT2D eigenvalue weighted by Gasteiger charge is 2.32. The van der Waals surface area contributed by atoms with Crippen molar-refractivity contribution in [1.29, 1.82) is 0 Å². The maximum atomic E-state index is 12.6. The predicted molar refractivity (Wildman–Crippen MR) is 75.3 cm³/mol. The topological polar surface area (TPSA) is 53.1 Å². The van der Waals surface area contributed by atoms with E-state index in [0.717, 1.165) is 0 Å². The Morgan fingerprint density at radius 2 is 1.95 bits per heavy atom. The van der Waals surface area contributed by atoms with Crippen molar-refractivity contribution in [3.05, 3.63) is 18.2 Å². The first kappa shape index (κ1) is 15.5. The number of hydrogen-bond donors (Lipinski definition) is 1. The Bertz CT molecular complexity index is 634. The Balaban J connectivity index is 2.48. The second-order valence-electron chi connectivity index (χ2n) is 5.30. The van der Waals surface area contributed by atoms with Gasteiger partial charge in [0.15, 0.2) is 0 Å². The molecule has 4 nitrogen and oxygen atoms in total. The molecule has 0 saturated carbocycles. The Morgan fingerprint density at radius 1 is 1.29 bits per heavy atom. The summed E-state index contributed by atoms with van der Waals surface area (Å²) >= 11 is 0. The normalized spacial score (nSPS) is 13.9. The number of aromatic nitrogens is 2. The van der Waals surface area contributed by atoms with E-state index in [9.17, 15) is 13.2 Å². The molecule has 2 rings (SSSR count). The van der Waals surface area contributed by atoms with Gasteiger partial charge < -0.3 is 15.0 Å². The molecular weight excluding hydrogens is 283 g/mol. The number of anilines is 1. The summed E-state index contributed by atoms with van der Waals surface area (Å²) in [4.78, 5) is 4.17. The van der Waals surface area contributed by atoms with Crippen LogP contribution >= 0.6 is 0 Å². The van der Waals surface area contributed by atoms with E-state index < -0.39 is 18.6 Å². The predicted octanol–water partition coefficient (Wildman–Crippen LogP) is 3.92. The van der Waals surface area contributed by atoms with Gasteiger partial charge in [-0.2, -0.15) is 13.2 Å². The maximum Gasteiger partial charge on any atom is 0.391 e. The SMILES string of the molecule is CC(C)Oc1cccc2c1nc(N)n2C(C)CC(F)(F)F. The van der Waals surface area contributed by atoms with Crippen LogP contribution < -0.4 is 10.5 Å². The maximum absolute atomic E-state index is 12.6. The van der Waals surface area contributed by atoms with Crippen molar-refractivity contribution in [3.63, 3.8) is 0 Å². The monoisotopic (exact) mass is 301 g/mol. The Morgan fingerprint density at radius 3 is 2.52 bits per heavy atom. The number of alkyl halides is 3. The fourth-order valence-electron chi connectivity index (χ4n) is 2.35. The lowest BCUT2D eigenvalue weighted by Gasteiger charge is -2.18. The van der Waals surface area contributed by atoms with Crippen molar-refractivity contribution >= 4 is 17.0 Å². The van der Waals surface area contributed by atoms with Gasteiger partial charge in [-0.3, -0.25) is 0 Å². The molecule has 0 aliphatic heterocycles. The van der Waals surface area contributed by atoms with Gasteiger partial charge in [0, 0.05) is 6.04 Å². The van der Waals surface area contributed by atoms with Gasteiger partial charge >= 0.3 is 6.18 Å². The number of nitrogens with two attached hydrogens (primary N) is 1. The zero-order valence-corrected chi connectivity index (χ0v) is 12.1. The molecule has 2 aromatic rings. The minimum absolute atomic E-state index is 0.0570. The van der Waals surface area contributed by atoms with Crippen molar-refractivity contribution in [2.45, 2.75) is 45.5 Å². The van der Waals surface area contributed by atoms with Gasteiger partial charge in [0.25, 0.3) is 0 Å². The lowest BCUT2D eigenvalue weighted by Crippen LogP contribution is -2.17. The zero-order valence-electron chi connectivity index (χ0n) is 12.1. The number of benzene rings is 1. The zero-order chi connectivity index (χ0) is 15.8.